The van der Waals surface area contributed by atoms with E-state index in [2.05, 4.69) is 15.6 Å². The van der Waals surface area contributed by atoms with Crippen LogP contribution in [0.5, 0.6) is 0 Å². The number of aromatic nitrogens is 3. The van der Waals surface area contributed by atoms with Gasteiger partial charge in [0.2, 0.25) is 5.16 Å². The minimum Gasteiger partial charge on any atom is -0.451 e. The third-order valence-electron chi connectivity index (χ3n) is 2.92. The highest BCUT2D eigenvalue weighted by atomic mass is 32.2. The molecule has 0 bridgehead atoms. The molecule has 0 atom stereocenters. The highest BCUT2D eigenvalue weighted by Crippen LogP contribution is 2.31. The maximum absolute atomic E-state index is 11.8. The highest BCUT2D eigenvalue weighted by Gasteiger charge is 2.20. The normalized spacial score (nSPS) is 10.9. The lowest BCUT2D eigenvalue weighted by Gasteiger charge is -2.02. The molecule has 0 saturated carbocycles. The molecule has 21 heavy (non-hydrogen) atoms. The molecule has 1 amide bonds. The third kappa shape index (κ3) is 2.43. The van der Waals surface area contributed by atoms with E-state index < -0.39 is 5.91 Å². The lowest BCUT2D eigenvalue weighted by molar-refractivity contribution is 0.0927. The molecule has 0 spiro atoms. The van der Waals surface area contributed by atoms with E-state index in [1.165, 1.54) is 22.8 Å². The van der Waals surface area contributed by atoms with Crippen molar-refractivity contribution in [3.05, 3.63) is 41.9 Å². The van der Waals surface area contributed by atoms with Gasteiger partial charge in [-0.2, -0.15) is 0 Å². The van der Waals surface area contributed by atoms with Crippen LogP contribution in [0.25, 0.3) is 11.0 Å². The van der Waals surface area contributed by atoms with Crippen LogP contribution in [-0.2, 0) is 5.75 Å². The lowest BCUT2D eigenvalue weighted by atomic mass is 10.1. The number of hydrazine groups is 1. The molecule has 2 aromatic heterocycles. The summed E-state index contributed by atoms with van der Waals surface area (Å²) in [5.74, 6) is 11.0. The van der Waals surface area contributed by atoms with Gasteiger partial charge >= 0.3 is 5.91 Å². The van der Waals surface area contributed by atoms with Gasteiger partial charge in [0.1, 0.15) is 11.9 Å². The molecule has 1 aromatic carbocycles. The Labute approximate surface area is 123 Å². The number of hydrogen-bond donors (Lipinski definition) is 3. The molecule has 108 valence electrons. The molecule has 0 radical (unpaired) electrons. The zero-order valence-electron chi connectivity index (χ0n) is 10.8. The minimum atomic E-state index is -0.476. The molecular formula is C12H12N6O2S. The molecule has 2 heterocycles. The predicted molar refractivity (Wildman–Crippen MR) is 77.6 cm³/mol. The zero-order chi connectivity index (χ0) is 14.8. The van der Waals surface area contributed by atoms with E-state index in [1.54, 1.807) is 6.07 Å². The Morgan fingerprint density at radius 2 is 2.24 bits per heavy atom. The number of carbonyl (C=O) groups excluding carboxylic acids is 1. The number of fused-ring (bicyclic) bond motifs is 1. The standard InChI is InChI=1S/C12H12N6O2S/c13-16-11(19)10-8(5-21-12-17-15-6-18(12)14)7-3-1-2-4-9(7)20-10/h1-4,6H,5,13-14H2,(H,16,19). The molecule has 5 N–H and O–H groups in total. The number of benzene rings is 1. The number of rotatable bonds is 4. The Hall–Kier alpha value is -2.52. The summed E-state index contributed by atoms with van der Waals surface area (Å²) in [6, 6.07) is 7.39. The molecule has 3 aromatic rings. The minimum absolute atomic E-state index is 0.189. The van der Waals surface area contributed by atoms with Gasteiger partial charge in [-0.3, -0.25) is 10.2 Å². The summed E-state index contributed by atoms with van der Waals surface area (Å²) in [5, 5.41) is 8.98. The second-order valence-electron chi connectivity index (χ2n) is 4.19. The first kappa shape index (κ1) is 13.5. The van der Waals surface area contributed by atoms with Crippen LogP contribution in [0, 0.1) is 0 Å². The third-order valence-corrected chi connectivity index (χ3v) is 3.91. The highest BCUT2D eigenvalue weighted by molar-refractivity contribution is 7.98. The van der Waals surface area contributed by atoms with Crippen molar-refractivity contribution in [2.45, 2.75) is 10.9 Å². The van der Waals surface area contributed by atoms with E-state index >= 15 is 0 Å². The lowest BCUT2D eigenvalue weighted by Crippen LogP contribution is -2.30. The molecule has 0 unspecified atom stereocenters. The average Bonchev–Trinajstić information content (AvgIpc) is 3.08. The van der Waals surface area contributed by atoms with Crippen molar-refractivity contribution in [1.82, 2.24) is 20.3 Å². The number of para-hydroxylation sites is 1. The average molecular weight is 304 g/mol. The van der Waals surface area contributed by atoms with E-state index in [0.717, 1.165) is 10.9 Å². The number of thioether (sulfide) groups is 1. The van der Waals surface area contributed by atoms with Crippen LogP contribution >= 0.6 is 11.8 Å². The fourth-order valence-electron chi connectivity index (χ4n) is 1.96. The van der Waals surface area contributed by atoms with Gasteiger partial charge in [0.15, 0.2) is 5.76 Å². The smallest absolute Gasteiger partial charge is 0.301 e. The van der Waals surface area contributed by atoms with Gasteiger partial charge in [-0.05, 0) is 6.07 Å². The first-order valence-electron chi connectivity index (χ1n) is 6.00. The number of nitrogens with one attached hydrogen (secondary N) is 1. The van der Waals surface area contributed by atoms with Gasteiger partial charge in [-0.25, -0.2) is 10.5 Å². The molecular weight excluding hydrogens is 292 g/mol. The molecule has 3 rings (SSSR count). The zero-order valence-corrected chi connectivity index (χ0v) is 11.6. The SMILES string of the molecule is NNC(=O)c1oc2ccccc2c1CSc1nncn1N. The van der Waals surface area contributed by atoms with Crippen molar-refractivity contribution in [2.24, 2.45) is 5.84 Å². The van der Waals surface area contributed by atoms with E-state index in [1.807, 2.05) is 18.2 Å². The van der Waals surface area contributed by atoms with Gasteiger partial charge < -0.3 is 10.3 Å². The number of nitrogen functional groups attached to an aromatic ring is 2. The molecule has 9 heteroatoms. The first-order valence-corrected chi connectivity index (χ1v) is 6.98. The Morgan fingerprint density at radius 1 is 1.43 bits per heavy atom. The molecule has 0 aliphatic rings. The Morgan fingerprint density at radius 3 is 2.95 bits per heavy atom. The van der Waals surface area contributed by atoms with Crippen LogP contribution < -0.4 is 17.1 Å². The van der Waals surface area contributed by atoms with E-state index in [0.29, 0.717) is 16.5 Å². The fourth-order valence-corrected chi connectivity index (χ4v) is 2.82. The largest absolute Gasteiger partial charge is 0.451 e. The number of hydrogen-bond acceptors (Lipinski definition) is 7. The molecule has 0 aliphatic heterocycles. The van der Waals surface area contributed by atoms with E-state index in [4.69, 9.17) is 16.1 Å². The summed E-state index contributed by atoms with van der Waals surface area (Å²) in [6.07, 6.45) is 1.41. The molecule has 0 aliphatic carbocycles. The van der Waals surface area contributed by atoms with Gasteiger partial charge in [-0.15, -0.1) is 10.2 Å². The van der Waals surface area contributed by atoms with Crippen LogP contribution in [0.3, 0.4) is 0 Å². The quantitative estimate of drug-likeness (QED) is 0.279. The second kappa shape index (κ2) is 5.46. The van der Waals surface area contributed by atoms with Crippen LogP contribution in [0.15, 0.2) is 40.2 Å². The summed E-state index contributed by atoms with van der Waals surface area (Å²) in [5.41, 5.74) is 3.45. The second-order valence-corrected chi connectivity index (χ2v) is 5.13. The van der Waals surface area contributed by atoms with Crippen LogP contribution in [0.4, 0.5) is 0 Å². The van der Waals surface area contributed by atoms with Crippen molar-refractivity contribution in [1.29, 1.82) is 0 Å². The Balaban J connectivity index is 1.99. The van der Waals surface area contributed by atoms with Crippen molar-refractivity contribution >= 4 is 28.6 Å². The summed E-state index contributed by atoms with van der Waals surface area (Å²) in [4.78, 5) is 11.8. The Kier molecular flexibility index (Phi) is 3.50. The van der Waals surface area contributed by atoms with E-state index in [9.17, 15) is 4.79 Å². The van der Waals surface area contributed by atoms with Gasteiger partial charge in [0, 0.05) is 16.7 Å². The monoisotopic (exact) mass is 304 g/mol. The number of furan rings is 1. The summed E-state index contributed by atoms with van der Waals surface area (Å²) in [6.45, 7) is 0. The van der Waals surface area contributed by atoms with Gasteiger partial charge in [-0.1, -0.05) is 30.0 Å². The molecule has 0 fully saturated rings. The van der Waals surface area contributed by atoms with Crippen LogP contribution in [0.2, 0.25) is 0 Å². The Bertz CT molecular complexity index is 796. The topological polar surface area (TPSA) is 125 Å². The fraction of sp³-hybridized carbons (Fsp3) is 0.0833. The number of amides is 1. The van der Waals surface area contributed by atoms with Crippen molar-refractivity contribution < 1.29 is 9.21 Å². The van der Waals surface area contributed by atoms with Crippen molar-refractivity contribution in [2.75, 3.05) is 5.84 Å². The van der Waals surface area contributed by atoms with Crippen LogP contribution in [0.1, 0.15) is 16.1 Å². The number of nitrogens with zero attached hydrogens (tertiary/aromatic N) is 3. The van der Waals surface area contributed by atoms with E-state index in [-0.39, 0.29) is 5.76 Å². The number of carbonyl (C=O) groups is 1. The summed E-state index contributed by atoms with van der Waals surface area (Å²) in [7, 11) is 0. The number of nitrogens with two attached hydrogens (primary N) is 2. The van der Waals surface area contributed by atoms with Crippen LogP contribution in [-0.4, -0.2) is 20.8 Å². The maximum atomic E-state index is 11.8. The summed E-state index contributed by atoms with van der Waals surface area (Å²) >= 11 is 1.35. The molecule has 0 saturated heterocycles. The molecule has 8 nitrogen and oxygen atoms in total. The maximum Gasteiger partial charge on any atom is 0.301 e. The van der Waals surface area contributed by atoms with Crippen molar-refractivity contribution in [3.63, 3.8) is 0 Å². The predicted octanol–water partition coefficient (Wildman–Crippen LogP) is 0.634. The van der Waals surface area contributed by atoms with Gasteiger partial charge in [0.05, 0.1) is 0 Å². The summed E-state index contributed by atoms with van der Waals surface area (Å²) < 4.78 is 6.89. The van der Waals surface area contributed by atoms with Gasteiger partial charge in [0.25, 0.3) is 0 Å². The first-order chi connectivity index (χ1) is 10.2. The van der Waals surface area contributed by atoms with Crippen molar-refractivity contribution in [3.8, 4) is 0 Å².